The summed E-state index contributed by atoms with van der Waals surface area (Å²) < 4.78 is 1.93. The molecule has 1 unspecified atom stereocenters. The minimum atomic E-state index is -0.0819. The molecule has 0 aliphatic carbocycles. The number of hydrazine groups is 1. The van der Waals surface area contributed by atoms with Crippen LogP contribution in [0.1, 0.15) is 17.4 Å². The largest absolute Gasteiger partial charge is 0.398 e. The average Bonchev–Trinajstić information content (AvgIpc) is 2.75. The lowest BCUT2D eigenvalue weighted by Gasteiger charge is -2.16. The van der Waals surface area contributed by atoms with Crippen molar-refractivity contribution in [1.82, 2.24) is 20.0 Å². The Morgan fingerprint density at radius 2 is 2.29 bits per heavy atom. The van der Waals surface area contributed by atoms with Crippen LogP contribution in [0, 0.1) is 0 Å². The highest BCUT2D eigenvalue weighted by Gasteiger charge is 2.16. The molecule has 1 atom stereocenters. The van der Waals surface area contributed by atoms with Crippen molar-refractivity contribution in [3.63, 3.8) is 0 Å². The van der Waals surface area contributed by atoms with Crippen molar-refractivity contribution in [2.75, 3.05) is 5.73 Å². The van der Waals surface area contributed by atoms with Crippen molar-refractivity contribution in [3.8, 4) is 0 Å². The molecule has 90 valence electrons. The Morgan fingerprint density at radius 1 is 1.47 bits per heavy atom. The lowest BCUT2D eigenvalue weighted by Crippen LogP contribution is -2.31. The molecule has 2 aromatic heterocycles. The smallest absolute Gasteiger partial charge is 0.127 e. The summed E-state index contributed by atoms with van der Waals surface area (Å²) in [6.07, 6.45) is 7.70. The molecule has 0 aromatic carbocycles. The normalized spacial score (nSPS) is 12.6. The Hall–Kier alpha value is -1.92. The molecular weight excluding hydrogens is 216 g/mol. The number of hydrogen-bond donors (Lipinski definition) is 3. The predicted molar refractivity (Wildman–Crippen MR) is 65.6 cm³/mol. The first-order valence-corrected chi connectivity index (χ1v) is 5.34. The number of nitrogens with one attached hydrogen (secondary N) is 1. The fraction of sp³-hybridized carbons (Fsp3) is 0.273. The van der Waals surface area contributed by atoms with Gasteiger partial charge in [0.2, 0.25) is 0 Å². The molecule has 6 nitrogen and oxygen atoms in total. The van der Waals surface area contributed by atoms with Crippen LogP contribution in [0.3, 0.4) is 0 Å². The van der Waals surface area contributed by atoms with Gasteiger partial charge in [-0.1, -0.05) is 0 Å². The number of pyridine rings is 1. The molecular formula is C11H16N6. The van der Waals surface area contributed by atoms with E-state index < -0.39 is 0 Å². The van der Waals surface area contributed by atoms with Gasteiger partial charge in [0.1, 0.15) is 5.82 Å². The van der Waals surface area contributed by atoms with E-state index in [-0.39, 0.29) is 6.04 Å². The summed E-state index contributed by atoms with van der Waals surface area (Å²) in [6.45, 7) is 0. The van der Waals surface area contributed by atoms with E-state index in [1.54, 1.807) is 24.7 Å². The van der Waals surface area contributed by atoms with Gasteiger partial charge in [-0.15, -0.1) is 0 Å². The van der Waals surface area contributed by atoms with Crippen molar-refractivity contribution < 1.29 is 0 Å². The van der Waals surface area contributed by atoms with E-state index in [0.717, 1.165) is 17.1 Å². The molecule has 0 aliphatic heterocycles. The number of nitrogen functional groups attached to an aromatic ring is 1. The molecule has 0 amide bonds. The maximum atomic E-state index is 5.88. The maximum Gasteiger partial charge on any atom is 0.127 e. The van der Waals surface area contributed by atoms with E-state index in [1.165, 1.54) is 0 Å². The summed E-state index contributed by atoms with van der Waals surface area (Å²) in [7, 11) is 1.93. The second-order valence-corrected chi connectivity index (χ2v) is 3.89. The van der Waals surface area contributed by atoms with Crippen LogP contribution in [0.15, 0.2) is 30.9 Å². The molecule has 0 spiro atoms. The van der Waals surface area contributed by atoms with E-state index in [1.807, 2.05) is 17.8 Å². The predicted octanol–water partition coefficient (Wildman–Crippen LogP) is 0.144. The lowest BCUT2D eigenvalue weighted by molar-refractivity contribution is 0.507. The molecule has 2 heterocycles. The van der Waals surface area contributed by atoms with Crippen LogP contribution in [0.2, 0.25) is 0 Å². The van der Waals surface area contributed by atoms with Crippen LogP contribution in [0.25, 0.3) is 0 Å². The molecule has 5 N–H and O–H groups in total. The summed E-state index contributed by atoms with van der Waals surface area (Å²) in [5.41, 5.74) is 10.3. The lowest BCUT2D eigenvalue weighted by atomic mass is 10.1. The van der Waals surface area contributed by atoms with Crippen molar-refractivity contribution in [2.45, 2.75) is 12.5 Å². The van der Waals surface area contributed by atoms with Gasteiger partial charge in [-0.25, -0.2) is 10.4 Å². The summed E-state index contributed by atoms with van der Waals surface area (Å²) in [4.78, 5) is 8.33. The third kappa shape index (κ3) is 2.43. The Labute approximate surface area is 99.6 Å². The summed E-state index contributed by atoms with van der Waals surface area (Å²) in [5, 5.41) is 0. The van der Waals surface area contributed by atoms with Crippen LogP contribution >= 0.6 is 0 Å². The van der Waals surface area contributed by atoms with E-state index >= 15 is 0 Å². The van der Waals surface area contributed by atoms with E-state index in [2.05, 4.69) is 15.4 Å². The highest BCUT2D eigenvalue weighted by molar-refractivity contribution is 5.44. The standard InChI is InChI=1S/C11H16N6/c1-17-5-4-15-11(17)10(16-13)6-8-7-14-3-2-9(8)12/h2-5,7,10,16H,6,13H2,1H3,(H2,12,14). The van der Waals surface area contributed by atoms with Gasteiger partial charge in [-0.3, -0.25) is 10.8 Å². The highest BCUT2D eigenvalue weighted by atomic mass is 15.3. The van der Waals surface area contributed by atoms with Gasteiger partial charge >= 0.3 is 0 Å². The van der Waals surface area contributed by atoms with Crippen molar-refractivity contribution in [3.05, 3.63) is 42.2 Å². The minimum Gasteiger partial charge on any atom is -0.398 e. The second kappa shape index (κ2) is 4.94. The summed E-state index contributed by atoms with van der Waals surface area (Å²) >= 11 is 0. The van der Waals surface area contributed by atoms with Crippen molar-refractivity contribution in [2.24, 2.45) is 12.9 Å². The molecule has 0 fully saturated rings. The third-order valence-electron chi connectivity index (χ3n) is 2.74. The van der Waals surface area contributed by atoms with Crippen LogP contribution < -0.4 is 17.0 Å². The quantitative estimate of drug-likeness (QED) is 0.515. The number of rotatable bonds is 4. The zero-order valence-electron chi connectivity index (χ0n) is 9.67. The van der Waals surface area contributed by atoms with Gasteiger partial charge in [0.05, 0.1) is 6.04 Å². The van der Waals surface area contributed by atoms with E-state index in [9.17, 15) is 0 Å². The Bertz CT molecular complexity index is 492. The van der Waals surface area contributed by atoms with E-state index in [4.69, 9.17) is 11.6 Å². The number of imidazole rings is 1. The number of anilines is 1. The van der Waals surface area contributed by atoms with Gasteiger partial charge in [-0.05, 0) is 18.1 Å². The number of aryl methyl sites for hydroxylation is 1. The zero-order chi connectivity index (χ0) is 12.3. The minimum absolute atomic E-state index is 0.0819. The van der Waals surface area contributed by atoms with Gasteiger partial charge < -0.3 is 10.3 Å². The van der Waals surface area contributed by atoms with Gasteiger partial charge in [0, 0.05) is 37.5 Å². The molecule has 17 heavy (non-hydrogen) atoms. The highest BCUT2D eigenvalue weighted by Crippen LogP contribution is 2.18. The molecule has 2 rings (SSSR count). The molecule has 2 aromatic rings. The molecule has 6 heteroatoms. The number of aromatic nitrogens is 3. The fourth-order valence-corrected chi connectivity index (χ4v) is 1.77. The Morgan fingerprint density at radius 3 is 2.88 bits per heavy atom. The topological polar surface area (TPSA) is 94.8 Å². The fourth-order valence-electron chi connectivity index (χ4n) is 1.77. The first kappa shape index (κ1) is 11.6. The van der Waals surface area contributed by atoms with Gasteiger partial charge in [-0.2, -0.15) is 0 Å². The monoisotopic (exact) mass is 232 g/mol. The van der Waals surface area contributed by atoms with E-state index in [0.29, 0.717) is 6.42 Å². The maximum absolute atomic E-state index is 5.88. The SMILES string of the molecule is Cn1ccnc1C(Cc1cnccc1N)NN. The number of hydrogen-bond acceptors (Lipinski definition) is 5. The van der Waals surface area contributed by atoms with Crippen molar-refractivity contribution in [1.29, 1.82) is 0 Å². The Balaban J connectivity index is 2.22. The molecule has 0 aliphatic rings. The average molecular weight is 232 g/mol. The summed E-state index contributed by atoms with van der Waals surface area (Å²) in [6, 6.07) is 1.70. The first-order valence-electron chi connectivity index (χ1n) is 5.34. The van der Waals surface area contributed by atoms with Crippen LogP contribution in [-0.2, 0) is 13.5 Å². The van der Waals surface area contributed by atoms with Crippen LogP contribution in [-0.4, -0.2) is 14.5 Å². The van der Waals surface area contributed by atoms with Crippen molar-refractivity contribution >= 4 is 5.69 Å². The number of nitrogens with zero attached hydrogens (tertiary/aromatic N) is 3. The molecule has 0 bridgehead atoms. The first-order chi connectivity index (χ1) is 8.22. The van der Waals surface area contributed by atoms with Gasteiger partial charge in [0.15, 0.2) is 0 Å². The van der Waals surface area contributed by atoms with Crippen LogP contribution in [0.5, 0.6) is 0 Å². The molecule has 0 radical (unpaired) electrons. The molecule has 0 saturated heterocycles. The van der Waals surface area contributed by atoms with Gasteiger partial charge in [0.25, 0.3) is 0 Å². The van der Waals surface area contributed by atoms with Crippen LogP contribution in [0.4, 0.5) is 5.69 Å². The second-order valence-electron chi connectivity index (χ2n) is 3.89. The molecule has 0 saturated carbocycles. The zero-order valence-corrected chi connectivity index (χ0v) is 9.67. The Kier molecular flexibility index (Phi) is 3.36. The third-order valence-corrected chi connectivity index (χ3v) is 2.74. The number of nitrogens with two attached hydrogens (primary N) is 2. The summed E-state index contributed by atoms with van der Waals surface area (Å²) in [5.74, 6) is 6.44.